The lowest BCUT2D eigenvalue weighted by atomic mass is 9.95. The number of hydrogen-bond acceptors (Lipinski definition) is 7. The highest BCUT2D eigenvalue weighted by Crippen LogP contribution is 2.43. The summed E-state index contributed by atoms with van der Waals surface area (Å²) in [7, 11) is 1.38. The molecule has 1 aromatic heterocycles. The monoisotopic (exact) mass is 440 g/mol. The first-order valence-electron chi connectivity index (χ1n) is 9.19. The van der Waals surface area contributed by atoms with Crippen LogP contribution in [0.2, 0.25) is 5.02 Å². The van der Waals surface area contributed by atoms with Gasteiger partial charge in [-0.25, -0.2) is 0 Å². The van der Waals surface area contributed by atoms with Crippen LogP contribution in [-0.4, -0.2) is 34.2 Å². The molecule has 3 aromatic rings. The van der Waals surface area contributed by atoms with E-state index in [0.717, 1.165) is 4.90 Å². The molecule has 1 atom stereocenters. The van der Waals surface area contributed by atoms with Gasteiger partial charge in [0, 0.05) is 16.7 Å². The molecule has 4 rings (SSSR count). The Balaban J connectivity index is 1.96. The van der Waals surface area contributed by atoms with E-state index >= 15 is 0 Å². The van der Waals surface area contributed by atoms with E-state index in [4.69, 9.17) is 20.9 Å². The van der Waals surface area contributed by atoms with E-state index in [-0.39, 0.29) is 28.6 Å². The Morgan fingerprint density at radius 3 is 2.48 bits per heavy atom. The number of phenolic OH excluding ortho intramolecular Hbond substituents is 1. The Morgan fingerprint density at radius 1 is 1.16 bits per heavy atom. The SMILES string of the molecule is COc1cc([C@H]2/C(=C(\O)c3ccc(Cl)cc3)C(=O)C(=O)N2c2cc(C)on2)ccc1O. The van der Waals surface area contributed by atoms with Gasteiger partial charge in [-0.15, -0.1) is 0 Å². The van der Waals surface area contributed by atoms with Crippen molar-refractivity contribution in [3.05, 3.63) is 76.0 Å². The van der Waals surface area contributed by atoms with E-state index < -0.39 is 17.7 Å². The average molecular weight is 441 g/mol. The quantitative estimate of drug-likeness (QED) is 0.358. The molecule has 0 aliphatic carbocycles. The molecule has 2 aromatic carbocycles. The molecule has 0 bridgehead atoms. The lowest BCUT2D eigenvalue weighted by Gasteiger charge is -2.23. The fraction of sp³-hybridized carbons (Fsp3) is 0.136. The number of aryl methyl sites for hydroxylation is 1. The van der Waals surface area contributed by atoms with Crippen LogP contribution in [0, 0.1) is 6.92 Å². The van der Waals surface area contributed by atoms with Crippen LogP contribution in [0.4, 0.5) is 5.82 Å². The first kappa shape index (κ1) is 20.5. The third-order valence-electron chi connectivity index (χ3n) is 4.94. The molecule has 0 saturated carbocycles. The van der Waals surface area contributed by atoms with Gasteiger partial charge >= 0.3 is 5.91 Å². The van der Waals surface area contributed by atoms with E-state index in [9.17, 15) is 19.8 Å². The fourth-order valence-corrected chi connectivity index (χ4v) is 3.60. The smallest absolute Gasteiger partial charge is 0.301 e. The van der Waals surface area contributed by atoms with Gasteiger partial charge in [-0.1, -0.05) is 22.8 Å². The van der Waals surface area contributed by atoms with Crippen molar-refractivity contribution in [3.63, 3.8) is 0 Å². The molecule has 1 fully saturated rings. The number of benzene rings is 2. The molecular weight excluding hydrogens is 424 g/mol. The Morgan fingerprint density at radius 2 is 1.87 bits per heavy atom. The first-order chi connectivity index (χ1) is 14.8. The van der Waals surface area contributed by atoms with Gasteiger partial charge < -0.3 is 19.5 Å². The highest BCUT2D eigenvalue weighted by molar-refractivity contribution is 6.51. The van der Waals surface area contributed by atoms with Crippen molar-refractivity contribution in [2.45, 2.75) is 13.0 Å². The summed E-state index contributed by atoms with van der Waals surface area (Å²) in [6.45, 7) is 1.65. The van der Waals surface area contributed by atoms with E-state index in [0.29, 0.717) is 21.9 Å². The standard InChI is InChI=1S/C22H17ClN2O6/c1-11-9-17(24-31-11)25-19(13-5-8-15(26)16(10-13)30-2)18(21(28)22(25)29)20(27)12-3-6-14(23)7-4-12/h3-10,19,26-27H,1-2H3/b20-18+/t19-/m0/s1. The van der Waals surface area contributed by atoms with Gasteiger partial charge in [0.15, 0.2) is 17.3 Å². The van der Waals surface area contributed by atoms with Crippen LogP contribution < -0.4 is 9.64 Å². The van der Waals surface area contributed by atoms with Crippen LogP contribution in [0.3, 0.4) is 0 Å². The molecular formula is C22H17ClN2O6. The largest absolute Gasteiger partial charge is 0.507 e. The zero-order valence-electron chi connectivity index (χ0n) is 16.5. The van der Waals surface area contributed by atoms with Gasteiger partial charge in [-0.2, -0.15) is 0 Å². The molecule has 0 spiro atoms. The number of ether oxygens (including phenoxy) is 1. The number of carbonyl (C=O) groups is 2. The number of Topliss-reactive ketones (excluding diaryl/α,β-unsaturated/α-hetero) is 1. The Bertz CT molecular complexity index is 1210. The molecule has 8 nitrogen and oxygen atoms in total. The fourth-order valence-electron chi connectivity index (χ4n) is 3.48. The first-order valence-corrected chi connectivity index (χ1v) is 9.56. The van der Waals surface area contributed by atoms with Crippen molar-refractivity contribution in [2.75, 3.05) is 12.0 Å². The number of ketones is 1. The Labute approximate surface area is 181 Å². The van der Waals surface area contributed by atoms with E-state index in [2.05, 4.69) is 5.16 Å². The summed E-state index contributed by atoms with van der Waals surface area (Å²) in [5.41, 5.74) is 0.597. The van der Waals surface area contributed by atoms with Crippen LogP contribution in [0.1, 0.15) is 22.9 Å². The molecule has 9 heteroatoms. The maximum Gasteiger partial charge on any atom is 0.301 e. The highest BCUT2D eigenvalue weighted by Gasteiger charge is 2.48. The topological polar surface area (TPSA) is 113 Å². The molecule has 2 N–H and O–H groups in total. The summed E-state index contributed by atoms with van der Waals surface area (Å²) in [5.74, 6) is -1.53. The minimum atomic E-state index is -1.03. The number of nitrogens with zero attached hydrogens (tertiary/aromatic N) is 2. The number of carbonyl (C=O) groups excluding carboxylic acids is 2. The normalized spacial score (nSPS) is 17.9. The molecule has 1 saturated heterocycles. The Hall–Kier alpha value is -3.78. The third-order valence-corrected chi connectivity index (χ3v) is 5.20. The van der Waals surface area contributed by atoms with Gasteiger partial charge in [0.05, 0.1) is 18.7 Å². The van der Waals surface area contributed by atoms with Crippen LogP contribution in [0.5, 0.6) is 11.5 Å². The van der Waals surface area contributed by atoms with Crippen molar-refractivity contribution < 1.29 is 29.1 Å². The maximum absolute atomic E-state index is 13.0. The molecule has 2 heterocycles. The summed E-state index contributed by atoms with van der Waals surface area (Å²) in [6.07, 6.45) is 0. The lowest BCUT2D eigenvalue weighted by Crippen LogP contribution is -2.29. The predicted octanol–water partition coefficient (Wildman–Crippen LogP) is 3.98. The maximum atomic E-state index is 13.0. The van der Waals surface area contributed by atoms with Crippen molar-refractivity contribution in [2.24, 2.45) is 0 Å². The predicted molar refractivity (Wildman–Crippen MR) is 112 cm³/mol. The molecule has 0 unspecified atom stereocenters. The van der Waals surface area contributed by atoms with E-state index in [1.54, 1.807) is 31.2 Å². The van der Waals surface area contributed by atoms with Crippen molar-refractivity contribution in [1.82, 2.24) is 5.16 Å². The molecule has 1 aliphatic heterocycles. The number of anilines is 1. The third kappa shape index (κ3) is 3.51. The van der Waals surface area contributed by atoms with E-state index in [1.807, 2.05) is 0 Å². The number of phenols is 1. The Kier molecular flexibility index (Phi) is 5.16. The summed E-state index contributed by atoms with van der Waals surface area (Å²) < 4.78 is 10.3. The molecule has 31 heavy (non-hydrogen) atoms. The minimum Gasteiger partial charge on any atom is -0.507 e. The number of aromatic hydroxyl groups is 1. The number of halogens is 1. The van der Waals surface area contributed by atoms with Crippen LogP contribution in [-0.2, 0) is 9.59 Å². The number of aromatic nitrogens is 1. The number of hydrogen-bond donors (Lipinski definition) is 2. The number of amides is 1. The van der Waals surface area contributed by atoms with Crippen LogP contribution in [0.25, 0.3) is 5.76 Å². The number of aliphatic hydroxyl groups excluding tert-OH is 1. The van der Waals surface area contributed by atoms with Gasteiger partial charge in [0.25, 0.3) is 5.78 Å². The van der Waals surface area contributed by atoms with Gasteiger partial charge in [-0.3, -0.25) is 14.5 Å². The number of rotatable bonds is 4. The highest BCUT2D eigenvalue weighted by atomic mass is 35.5. The number of aliphatic hydroxyl groups is 1. The molecule has 1 aliphatic rings. The number of methoxy groups -OCH3 is 1. The minimum absolute atomic E-state index is 0.113. The van der Waals surface area contributed by atoms with Gasteiger partial charge in [0.1, 0.15) is 11.5 Å². The zero-order chi connectivity index (χ0) is 22.3. The molecule has 1 amide bonds. The second kappa shape index (κ2) is 7.81. The summed E-state index contributed by atoms with van der Waals surface area (Å²) >= 11 is 5.92. The van der Waals surface area contributed by atoms with Crippen molar-refractivity contribution in [3.8, 4) is 11.5 Å². The van der Waals surface area contributed by atoms with Gasteiger partial charge in [0.2, 0.25) is 0 Å². The van der Waals surface area contributed by atoms with E-state index in [1.165, 1.54) is 31.4 Å². The van der Waals surface area contributed by atoms with Crippen molar-refractivity contribution >= 4 is 34.9 Å². The van der Waals surface area contributed by atoms with Crippen molar-refractivity contribution in [1.29, 1.82) is 0 Å². The van der Waals surface area contributed by atoms with Crippen LogP contribution >= 0.6 is 11.6 Å². The molecule has 158 valence electrons. The second-order valence-corrected chi connectivity index (χ2v) is 7.34. The van der Waals surface area contributed by atoms with Gasteiger partial charge in [-0.05, 0) is 48.9 Å². The second-order valence-electron chi connectivity index (χ2n) is 6.90. The average Bonchev–Trinajstić information content (AvgIpc) is 3.29. The summed E-state index contributed by atoms with van der Waals surface area (Å²) in [5, 5.41) is 25.3. The lowest BCUT2D eigenvalue weighted by molar-refractivity contribution is -0.132. The summed E-state index contributed by atoms with van der Waals surface area (Å²) in [4.78, 5) is 27.1. The van der Waals surface area contributed by atoms with Crippen LogP contribution in [0.15, 0.2) is 58.6 Å². The summed E-state index contributed by atoms with van der Waals surface area (Å²) in [6, 6.07) is 11.1. The molecule has 0 radical (unpaired) electrons. The zero-order valence-corrected chi connectivity index (χ0v) is 17.3.